The van der Waals surface area contributed by atoms with Gasteiger partial charge in [-0.2, -0.15) is 13.2 Å². The first kappa shape index (κ1) is 20.1. The second-order valence-corrected chi connectivity index (χ2v) is 8.13. The predicted octanol–water partition coefficient (Wildman–Crippen LogP) is 3.80. The van der Waals surface area contributed by atoms with E-state index in [-0.39, 0.29) is 10.9 Å². The average molecular weight is 409 g/mol. The Bertz CT molecular complexity index is 933. The van der Waals surface area contributed by atoms with Crippen molar-refractivity contribution < 1.29 is 18.0 Å². The third-order valence-electron chi connectivity index (χ3n) is 4.25. The number of aromatic nitrogens is 2. The Balaban J connectivity index is 1.84. The molecule has 1 aliphatic heterocycles. The van der Waals surface area contributed by atoms with Gasteiger partial charge < -0.3 is 11.1 Å². The van der Waals surface area contributed by atoms with E-state index in [1.165, 1.54) is 18.0 Å². The molecule has 2 aromatic rings. The summed E-state index contributed by atoms with van der Waals surface area (Å²) in [6, 6.07) is 4.72. The van der Waals surface area contributed by atoms with Crippen LogP contribution in [0.25, 0.3) is 0 Å². The SMILES string of the molecule is C[C@@H]1C[C@@](C)(c2cc(NC(=O)c3cc(C(F)(F)F)ccn3)ccn2)N=C(N)S1. The van der Waals surface area contributed by atoms with Gasteiger partial charge in [0.05, 0.1) is 11.3 Å². The molecule has 2 atom stereocenters. The molecule has 0 radical (unpaired) electrons. The lowest BCUT2D eigenvalue weighted by molar-refractivity contribution is -0.137. The van der Waals surface area contributed by atoms with Crippen molar-refractivity contribution >= 4 is 28.5 Å². The molecular formula is C18H18F3N5OS. The number of hydrogen-bond donors (Lipinski definition) is 2. The number of anilines is 1. The molecule has 10 heteroatoms. The van der Waals surface area contributed by atoms with Gasteiger partial charge in [-0.05, 0) is 37.6 Å². The van der Waals surface area contributed by atoms with Gasteiger partial charge in [-0.25, -0.2) is 4.99 Å². The fourth-order valence-corrected chi connectivity index (χ4v) is 4.09. The standard InChI is InChI=1S/C18H18F3N5OS/c1-10-9-17(2,26-16(22)28-10)14-8-12(4-6-24-14)25-15(27)13-7-11(3-5-23-13)18(19,20)21/h3-8,10H,9H2,1-2H3,(H2,22,26)(H,24,25,27)/t10-,17+/m1/s1. The van der Waals surface area contributed by atoms with E-state index < -0.39 is 23.2 Å². The third-order valence-corrected chi connectivity index (χ3v) is 5.16. The minimum absolute atomic E-state index is 0.247. The quantitative estimate of drug-likeness (QED) is 0.804. The van der Waals surface area contributed by atoms with Gasteiger partial charge in [-0.15, -0.1) is 0 Å². The molecule has 0 unspecified atom stereocenters. The number of nitrogens with two attached hydrogens (primary N) is 1. The van der Waals surface area contributed by atoms with Crippen molar-refractivity contribution in [1.82, 2.24) is 9.97 Å². The first-order chi connectivity index (χ1) is 13.1. The van der Waals surface area contributed by atoms with Crippen LogP contribution in [-0.2, 0) is 11.7 Å². The number of thioether (sulfide) groups is 1. The van der Waals surface area contributed by atoms with E-state index >= 15 is 0 Å². The van der Waals surface area contributed by atoms with Crippen molar-refractivity contribution in [3.05, 3.63) is 53.6 Å². The summed E-state index contributed by atoms with van der Waals surface area (Å²) in [6.45, 7) is 3.94. The van der Waals surface area contributed by atoms with Gasteiger partial charge in [0, 0.05) is 23.3 Å². The highest BCUT2D eigenvalue weighted by molar-refractivity contribution is 8.14. The number of halogens is 3. The first-order valence-corrected chi connectivity index (χ1v) is 9.28. The highest BCUT2D eigenvalue weighted by Gasteiger charge is 2.34. The maximum absolute atomic E-state index is 12.8. The zero-order chi connectivity index (χ0) is 20.5. The molecule has 0 spiro atoms. The lowest BCUT2D eigenvalue weighted by Gasteiger charge is -2.32. The highest BCUT2D eigenvalue weighted by Crippen LogP contribution is 2.38. The number of alkyl halides is 3. The molecule has 2 aromatic heterocycles. The minimum atomic E-state index is -4.55. The van der Waals surface area contributed by atoms with Crippen LogP contribution in [0.2, 0.25) is 0 Å². The first-order valence-electron chi connectivity index (χ1n) is 8.40. The maximum Gasteiger partial charge on any atom is 0.416 e. The summed E-state index contributed by atoms with van der Waals surface area (Å²) >= 11 is 1.48. The number of carbonyl (C=O) groups excluding carboxylic acids is 1. The molecule has 28 heavy (non-hydrogen) atoms. The van der Waals surface area contributed by atoms with Crippen molar-refractivity contribution in [3.63, 3.8) is 0 Å². The predicted molar refractivity (Wildman–Crippen MR) is 102 cm³/mol. The van der Waals surface area contributed by atoms with Crippen LogP contribution >= 0.6 is 11.8 Å². The van der Waals surface area contributed by atoms with Gasteiger partial charge in [0.1, 0.15) is 11.2 Å². The lowest BCUT2D eigenvalue weighted by atomic mass is 9.91. The summed E-state index contributed by atoms with van der Waals surface area (Å²) in [5.74, 6) is -0.746. The molecule has 0 saturated heterocycles. The summed E-state index contributed by atoms with van der Waals surface area (Å²) in [7, 11) is 0. The monoisotopic (exact) mass is 409 g/mol. The van der Waals surface area contributed by atoms with Crippen molar-refractivity contribution in [2.45, 2.75) is 37.2 Å². The molecule has 0 aliphatic carbocycles. The van der Waals surface area contributed by atoms with Gasteiger partial charge in [0.15, 0.2) is 5.17 Å². The molecule has 1 aliphatic rings. The van der Waals surface area contributed by atoms with E-state index in [9.17, 15) is 18.0 Å². The van der Waals surface area contributed by atoms with E-state index in [1.54, 1.807) is 12.1 Å². The number of pyridine rings is 2. The second-order valence-electron chi connectivity index (χ2n) is 6.67. The smallest absolute Gasteiger partial charge is 0.379 e. The molecule has 3 rings (SSSR count). The van der Waals surface area contributed by atoms with Gasteiger partial charge in [0.25, 0.3) is 5.91 Å². The van der Waals surface area contributed by atoms with Crippen LogP contribution in [0.1, 0.15) is 42.0 Å². The van der Waals surface area contributed by atoms with Crippen molar-refractivity contribution in [2.24, 2.45) is 10.7 Å². The largest absolute Gasteiger partial charge is 0.416 e. The topological polar surface area (TPSA) is 93.3 Å². The second kappa shape index (κ2) is 7.42. The Morgan fingerprint density at radius 3 is 2.68 bits per heavy atom. The lowest BCUT2D eigenvalue weighted by Crippen LogP contribution is -2.33. The molecule has 3 heterocycles. The summed E-state index contributed by atoms with van der Waals surface area (Å²) in [4.78, 5) is 24.9. The summed E-state index contributed by atoms with van der Waals surface area (Å²) < 4.78 is 38.5. The normalized spacial score (nSPS) is 22.5. The molecule has 3 N–H and O–H groups in total. The van der Waals surface area contributed by atoms with E-state index in [0.717, 1.165) is 12.3 Å². The molecular weight excluding hydrogens is 391 g/mol. The van der Waals surface area contributed by atoms with E-state index in [4.69, 9.17) is 5.73 Å². The fourth-order valence-electron chi connectivity index (χ4n) is 3.01. The Morgan fingerprint density at radius 2 is 2.00 bits per heavy atom. The summed E-state index contributed by atoms with van der Waals surface area (Å²) in [5.41, 5.74) is 4.98. The number of amides is 1. The van der Waals surface area contributed by atoms with Gasteiger partial charge >= 0.3 is 6.18 Å². The van der Waals surface area contributed by atoms with Gasteiger partial charge in [-0.3, -0.25) is 14.8 Å². The molecule has 6 nitrogen and oxygen atoms in total. The third kappa shape index (κ3) is 4.44. The Hall–Kier alpha value is -2.62. The Labute approximate surface area is 163 Å². The van der Waals surface area contributed by atoms with Crippen molar-refractivity contribution in [1.29, 1.82) is 0 Å². The molecule has 0 aromatic carbocycles. The molecule has 0 saturated carbocycles. The van der Waals surface area contributed by atoms with Crippen LogP contribution in [0.3, 0.4) is 0 Å². The van der Waals surface area contributed by atoms with E-state index in [0.29, 0.717) is 29.0 Å². The van der Waals surface area contributed by atoms with Crippen LogP contribution in [0.5, 0.6) is 0 Å². The maximum atomic E-state index is 12.8. The van der Waals surface area contributed by atoms with Crippen LogP contribution < -0.4 is 11.1 Å². The van der Waals surface area contributed by atoms with Crippen molar-refractivity contribution in [2.75, 3.05) is 5.32 Å². The molecule has 0 bridgehead atoms. The Kier molecular flexibility index (Phi) is 5.33. The highest BCUT2D eigenvalue weighted by atomic mass is 32.2. The zero-order valence-electron chi connectivity index (χ0n) is 15.1. The Morgan fingerprint density at radius 1 is 1.29 bits per heavy atom. The van der Waals surface area contributed by atoms with Gasteiger partial charge in [-0.1, -0.05) is 18.7 Å². The summed E-state index contributed by atoms with van der Waals surface area (Å²) in [6.07, 6.45) is -1.38. The molecule has 0 fully saturated rings. The minimum Gasteiger partial charge on any atom is -0.379 e. The van der Waals surface area contributed by atoms with E-state index in [1.807, 2.05) is 13.8 Å². The summed E-state index contributed by atoms with van der Waals surface area (Å²) in [5, 5.41) is 3.27. The van der Waals surface area contributed by atoms with Gasteiger partial charge in [0.2, 0.25) is 0 Å². The van der Waals surface area contributed by atoms with Crippen LogP contribution in [0.4, 0.5) is 18.9 Å². The number of nitrogens with one attached hydrogen (secondary N) is 1. The number of nitrogens with zero attached hydrogens (tertiary/aromatic N) is 3. The zero-order valence-corrected chi connectivity index (χ0v) is 15.9. The number of rotatable bonds is 3. The van der Waals surface area contributed by atoms with E-state index in [2.05, 4.69) is 20.3 Å². The molecule has 148 valence electrons. The number of aliphatic imine (C=N–C) groups is 1. The number of amidine groups is 1. The van der Waals surface area contributed by atoms with Crippen LogP contribution in [0, 0.1) is 0 Å². The number of carbonyl (C=O) groups is 1. The fraction of sp³-hybridized carbons (Fsp3) is 0.333. The van der Waals surface area contributed by atoms with Crippen molar-refractivity contribution in [3.8, 4) is 0 Å². The van der Waals surface area contributed by atoms with Crippen LogP contribution in [-0.4, -0.2) is 26.3 Å². The molecule has 1 amide bonds. The average Bonchev–Trinajstić information content (AvgIpc) is 2.60. The number of hydrogen-bond acceptors (Lipinski definition) is 6. The van der Waals surface area contributed by atoms with Crippen LogP contribution in [0.15, 0.2) is 41.7 Å².